The lowest BCUT2D eigenvalue weighted by Crippen LogP contribution is -2.36. The van der Waals surface area contributed by atoms with E-state index in [1.54, 1.807) is 18.2 Å². The Labute approximate surface area is 147 Å². The zero-order chi connectivity index (χ0) is 17.9. The number of piperidine rings is 1. The highest BCUT2D eigenvalue weighted by atomic mass is 32.2. The minimum atomic E-state index is -3.74. The first kappa shape index (κ1) is 17.7. The molecule has 1 fully saturated rings. The van der Waals surface area contributed by atoms with Crippen molar-refractivity contribution < 1.29 is 12.8 Å². The zero-order valence-corrected chi connectivity index (χ0v) is 14.9. The highest BCUT2D eigenvalue weighted by molar-refractivity contribution is 7.92. The molecule has 2 N–H and O–H groups in total. The van der Waals surface area contributed by atoms with Gasteiger partial charge in [0.05, 0.1) is 10.6 Å². The van der Waals surface area contributed by atoms with Crippen LogP contribution < -0.4 is 10.0 Å². The summed E-state index contributed by atoms with van der Waals surface area (Å²) in [7, 11) is -1.63. The number of halogens is 1. The summed E-state index contributed by atoms with van der Waals surface area (Å²) < 4.78 is 40.3. The Morgan fingerprint density at radius 3 is 2.36 bits per heavy atom. The highest BCUT2D eigenvalue weighted by Gasteiger charge is 2.17. The Bertz CT molecular complexity index is 816. The third-order valence-corrected chi connectivity index (χ3v) is 5.73. The number of nitrogens with zero attached hydrogens (tertiary/aromatic N) is 1. The maximum atomic E-state index is 13.0. The fraction of sp³-hybridized carbons (Fsp3) is 0.333. The molecule has 5 nitrogen and oxygen atoms in total. The number of likely N-dealkylation sites (tertiary alicyclic amines) is 1. The molecule has 1 saturated heterocycles. The quantitative estimate of drug-likeness (QED) is 0.857. The van der Waals surface area contributed by atoms with Crippen LogP contribution in [-0.4, -0.2) is 39.5 Å². The van der Waals surface area contributed by atoms with Crippen molar-refractivity contribution in [1.82, 2.24) is 4.90 Å². The minimum absolute atomic E-state index is 0.0302. The number of hydrogen-bond acceptors (Lipinski definition) is 4. The van der Waals surface area contributed by atoms with E-state index in [9.17, 15) is 12.8 Å². The van der Waals surface area contributed by atoms with Gasteiger partial charge >= 0.3 is 0 Å². The molecule has 0 saturated carbocycles. The summed E-state index contributed by atoms with van der Waals surface area (Å²) in [5.41, 5.74) is 1.36. The van der Waals surface area contributed by atoms with Crippen molar-refractivity contribution in [2.45, 2.75) is 23.8 Å². The van der Waals surface area contributed by atoms with Gasteiger partial charge in [0.25, 0.3) is 10.0 Å². The summed E-state index contributed by atoms with van der Waals surface area (Å²) in [5, 5.41) is 3.46. The van der Waals surface area contributed by atoms with E-state index in [2.05, 4.69) is 22.0 Å². The van der Waals surface area contributed by atoms with Gasteiger partial charge in [-0.15, -0.1) is 0 Å². The van der Waals surface area contributed by atoms with Crippen molar-refractivity contribution in [3.05, 3.63) is 54.3 Å². The molecule has 1 aliphatic rings. The predicted octanol–water partition coefficient (Wildman–Crippen LogP) is 3.13. The first-order chi connectivity index (χ1) is 11.9. The van der Waals surface area contributed by atoms with E-state index >= 15 is 0 Å². The van der Waals surface area contributed by atoms with Crippen LogP contribution in [0.2, 0.25) is 0 Å². The van der Waals surface area contributed by atoms with E-state index in [4.69, 9.17) is 0 Å². The van der Waals surface area contributed by atoms with E-state index in [-0.39, 0.29) is 4.90 Å². The summed E-state index contributed by atoms with van der Waals surface area (Å²) in [4.78, 5) is 2.33. The molecule has 3 rings (SSSR count). The summed E-state index contributed by atoms with van der Waals surface area (Å²) >= 11 is 0. The Hall–Kier alpha value is -2.12. The zero-order valence-electron chi connectivity index (χ0n) is 14.1. The first-order valence-electron chi connectivity index (χ1n) is 8.26. The van der Waals surface area contributed by atoms with E-state index in [1.165, 1.54) is 12.1 Å². The third-order valence-electron chi connectivity index (χ3n) is 4.33. The van der Waals surface area contributed by atoms with Crippen LogP contribution in [0, 0.1) is 5.82 Å². The van der Waals surface area contributed by atoms with Crippen molar-refractivity contribution in [3.63, 3.8) is 0 Å². The van der Waals surface area contributed by atoms with E-state index < -0.39 is 15.8 Å². The molecule has 2 aromatic carbocycles. The third kappa shape index (κ3) is 4.70. The maximum Gasteiger partial charge on any atom is 0.261 e. The average molecular weight is 363 g/mol. The van der Waals surface area contributed by atoms with Crippen molar-refractivity contribution in [2.24, 2.45) is 0 Å². The van der Waals surface area contributed by atoms with Crippen molar-refractivity contribution in [3.8, 4) is 0 Å². The van der Waals surface area contributed by atoms with Crippen LogP contribution in [0.25, 0.3) is 0 Å². The molecule has 0 unspecified atom stereocenters. The van der Waals surface area contributed by atoms with E-state index in [0.717, 1.165) is 43.8 Å². The van der Waals surface area contributed by atoms with Crippen molar-refractivity contribution in [2.75, 3.05) is 30.2 Å². The van der Waals surface area contributed by atoms with Gasteiger partial charge in [0.1, 0.15) is 5.82 Å². The van der Waals surface area contributed by atoms with E-state index in [1.807, 2.05) is 6.07 Å². The average Bonchev–Trinajstić information content (AvgIpc) is 2.57. The number of anilines is 2. The van der Waals surface area contributed by atoms with Crippen molar-refractivity contribution >= 4 is 21.4 Å². The SMILES string of the molecule is CN1CCC(Nc2cccc(NS(=O)(=O)c3ccc(F)cc3)c2)CC1. The monoisotopic (exact) mass is 363 g/mol. The van der Waals surface area contributed by atoms with Gasteiger partial charge in [-0.1, -0.05) is 6.07 Å². The number of hydrogen-bond donors (Lipinski definition) is 2. The fourth-order valence-electron chi connectivity index (χ4n) is 2.89. The lowest BCUT2D eigenvalue weighted by atomic mass is 10.1. The molecular formula is C18H22FN3O2S. The molecule has 0 atom stereocenters. The van der Waals surface area contributed by atoms with Crippen LogP contribution in [0.3, 0.4) is 0 Å². The van der Waals surface area contributed by atoms with Crippen LogP contribution in [0.15, 0.2) is 53.4 Å². The Morgan fingerprint density at radius 2 is 1.68 bits per heavy atom. The molecule has 0 aliphatic carbocycles. The van der Waals surface area contributed by atoms with Crippen LogP contribution in [0.4, 0.5) is 15.8 Å². The second kappa shape index (κ2) is 7.41. The Balaban J connectivity index is 1.70. The van der Waals surface area contributed by atoms with Crippen LogP contribution >= 0.6 is 0 Å². The maximum absolute atomic E-state index is 13.0. The van der Waals surface area contributed by atoms with Crippen molar-refractivity contribution in [1.29, 1.82) is 0 Å². The fourth-order valence-corrected chi connectivity index (χ4v) is 3.94. The van der Waals surface area contributed by atoms with Gasteiger partial charge in [0.15, 0.2) is 0 Å². The summed E-state index contributed by atoms with van der Waals surface area (Å²) in [6.45, 7) is 2.10. The molecule has 1 aliphatic heterocycles. The molecular weight excluding hydrogens is 341 g/mol. The largest absolute Gasteiger partial charge is 0.382 e. The van der Waals surface area contributed by atoms with Gasteiger partial charge in [0.2, 0.25) is 0 Å². The summed E-state index contributed by atoms with van der Waals surface area (Å²) in [6.07, 6.45) is 2.12. The molecule has 7 heteroatoms. The Morgan fingerprint density at radius 1 is 1.04 bits per heavy atom. The number of sulfonamides is 1. The smallest absolute Gasteiger partial charge is 0.261 e. The number of nitrogens with one attached hydrogen (secondary N) is 2. The topological polar surface area (TPSA) is 61.4 Å². The number of rotatable bonds is 5. The standard InChI is InChI=1S/C18H22FN3O2S/c1-22-11-9-15(10-12-22)20-16-3-2-4-17(13-16)21-25(23,24)18-7-5-14(19)6-8-18/h2-8,13,15,20-21H,9-12H2,1H3. The molecule has 134 valence electrons. The van der Waals surface area contributed by atoms with Gasteiger partial charge in [-0.05, 0) is 75.4 Å². The lowest BCUT2D eigenvalue weighted by Gasteiger charge is -2.30. The minimum Gasteiger partial charge on any atom is -0.382 e. The molecule has 0 bridgehead atoms. The molecule has 25 heavy (non-hydrogen) atoms. The van der Waals surface area contributed by atoms with Gasteiger partial charge < -0.3 is 10.2 Å². The summed E-state index contributed by atoms with van der Waals surface area (Å²) in [6, 6.07) is 12.4. The van der Waals surface area contributed by atoms with Gasteiger partial charge in [-0.2, -0.15) is 0 Å². The predicted molar refractivity (Wildman–Crippen MR) is 97.8 cm³/mol. The molecule has 2 aromatic rings. The molecule has 0 radical (unpaired) electrons. The lowest BCUT2D eigenvalue weighted by molar-refractivity contribution is 0.264. The van der Waals surface area contributed by atoms with Gasteiger partial charge in [-0.3, -0.25) is 4.72 Å². The van der Waals surface area contributed by atoms with Gasteiger partial charge in [0, 0.05) is 11.7 Å². The second-order valence-corrected chi connectivity index (χ2v) is 8.04. The molecule has 0 amide bonds. The summed E-state index contributed by atoms with van der Waals surface area (Å²) in [5.74, 6) is -0.469. The molecule has 1 heterocycles. The second-order valence-electron chi connectivity index (χ2n) is 6.36. The molecule has 0 aromatic heterocycles. The highest BCUT2D eigenvalue weighted by Crippen LogP contribution is 2.22. The van der Waals surface area contributed by atoms with Crippen LogP contribution in [0.5, 0.6) is 0 Å². The molecule has 0 spiro atoms. The first-order valence-corrected chi connectivity index (χ1v) is 9.74. The number of benzene rings is 2. The van der Waals surface area contributed by atoms with E-state index in [0.29, 0.717) is 11.7 Å². The Kier molecular flexibility index (Phi) is 5.24. The normalized spacial score (nSPS) is 16.6. The van der Waals surface area contributed by atoms with Crippen LogP contribution in [-0.2, 0) is 10.0 Å². The van der Waals surface area contributed by atoms with Gasteiger partial charge in [-0.25, -0.2) is 12.8 Å². The van der Waals surface area contributed by atoms with Crippen LogP contribution in [0.1, 0.15) is 12.8 Å².